The normalized spacial score (nSPS) is 14.6. The number of hydrogen-bond donors (Lipinski definition) is 0. The molecular weight excluding hydrogens is 408 g/mol. The number of rotatable bonds is 16. The number of ether oxygens (including phenoxy) is 5. The van der Waals surface area contributed by atoms with Crippen molar-refractivity contribution in [3.05, 3.63) is 0 Å². The van der Waals surface area contributed by atoms with E-state index >= 15 is 0 Å². The molecule has 9 heteroatoms. The first kappa shape index (κ1) is 28.8. The maximum absolute atomic E-state index is 11.9. The van der Waals surface area contributed by atoms with Gasteiger partial charge in [0, 0.05) is 13.2 Å². The number of carbonyl (C=O) groups excluding carboxylic acids is 4. The molecule has 0 aromatic heterocycles. The van der Waals surface area contributed by atoms with Crippen LogP contribution in [0.5, 0.6) is 0 Å². The van der Waals surface area contributed by atoms with Crippen molar-refractivity contribution >= 4 is 23.9 Å². The Morgan fingerprint density at radius 2 is 0.871 bits per heavy atom. The van der Waals surface area contributed by atoms with E-state index < -0.39 is 47.5 Å². The highest BCUT2D eigenvalue weighted by molar-refractivity contribution is 5.82. The molecule has 0 radical (unpaired) electrons. The largest absolute Gasteiger partial charge is 0.469 e. The van der Waals surface area contributed by atoms with E-state index in [1.165, 1.54) is 28.4 Å². The zero-order valence-electron chi connectivity index (χ0n) is 19.6. The van der Waals surface area contributed by atoms with Gasteiger partial charge in [-0.15, -0.1) is 0 Å². The first-order valence-electron chi connectivity index (χ1n) is 10.6. The Hall–Kier alpha value is -2.16. The molecule has 31 heavy (non-hydrogen) atoms. The maximum Gasteiger partial charge on any atom is 0.309 e. The minimum absolute atomic E-state index is 0.417. The molecule has 0 heterocycles. The molecule has 0 fully saturated rings. The zero-order chi connectivity index (χ0) is 23.8. The summed E-state index contributed by atoms with van der Waals surface area (Å²) in [7, 11) is 5.20. The van der Waals surface area contributed by atoms with Crippen LogP contribution in [0, 0.1) is 23.7 Å². The number of unbranched alkanes of at least 4 members (excludes halogenated alkanes) is 2. The number of methoxy groups -OCH3 is 4. The van der Waals surface area contributed by atoms with Crippen LogP contribution in [0.4, 0.5) is 0 Å². The molecule has 0 aromatic carbocycles. The predicted octanol–water partition coefficient (Wildman–Crippen LogP) is 2.54. The molecule has 0 aliphatic heterocycles. The van der Waals surface area contributed by atoms with E-state index in [2.05, 4.69) is 0 Å². The standard InChI is InChI=1S/C22H38O9/c1-15(19(23)27-3)17(21(25)29-5)11-7-9-13-31-14-10-8-12-18(22(26)30-6)16(2)20(24)28-4/h15-18H,7-14H2,1-6H3. The van der Waals surface area contributed by atoms with Gasteiger partial charge in [0.1, 0.15) is 0 Å². The molecule has 4 atom stereocenters. The van der Waals surface area contributed by atoms with Crippen LogP contribution >= 0.6 is 0 Å². The van der Waals surface area contributed by atoms with E-state index in [1.807, 2.05) is 0 Å². The van der Waals surface area contributed by atoms with E-state index in [-0.39, 0.29) is 0 Å². The van der Waals surface area contributed by atoms with Gasteiger partial charge in [0.05, 0.1) is 52.1 Å². The van der Waals surface area contributed by atoms with Crippen LogP contribution in [0.25, 0.3) is 0 Å². The molecule has 0 spiro atoms. The van der Waals surface area contributed by atoms with Gasteiger partial charge in [-0.2, -0.15) is 0 Å². The highest BCUT2D eigenvalue weighted by atomic mass is 16.5. The van der Waals surface area contributed by atoms with E-state index in [0.29, 0.717) is 38.9 Å². The van der Waals surface area contributed by atoms with Gasteiger partial charge < -0.3 is 23.7 Å². The van der Waals surface area contributed by atoms with Gasteiger partial charge >= 0.3 is 23.9 Å². The molecule has 0 N–H and O–H groups in total. The van der Waals surface area contributed by atoms with Crippen LogP contribution in [0.15, 0.2) is 0 Å². The van der Waals surface area contributed by atoms with Crippen LogP contribution in [0.1, 0.15) is 52.4 Å². The van der Waals surface area contributed by atoms with Gasteiger partial charge in [-0.25, -0.2) is 0 Å². The van der Waals surface area contributed by atoms with Crippen molar-refractivity contribution in [3.8, 4) is 0 Å². The highest BCUT2D eigenvalue weighted by Gasteiger charge is 2.32. The Balaban J connectivity index is 4.18. The summed E-state index contributed by atoms with van der Waals surface area (Å²) in [4.78, 5) is 47.3. The van der Waals surface area contributed by atoms with Crippen molar-refractivity contribution in [1.29, 1.82) is 0 Å². The van der Waals surface area contributed by atoms with Crippen molar-refractivity contribution < 1.29 is 42.9 Å². The fourth-order valence-electron chi connectivity index (χ4n) is 3.39. The maximum atomic E-state index is 11.9. The summed E-state index contributed by atoms with van der Waals surface area (Å²) in [6.45, 7) is 4.37. The number of esters is 4. The summed E-state index contributed by atoms with van der Waals surface area (Å²) in [6, 6.07) is 0. The second kappa shape index (κ2) is 16.5. The fraction of sp³-hybridized carbons (Fsp3) is 0.818. The molecule has 0 saturated heterocycles. The van der Waals surface area contributed by atoms with Gasteiger partial charge in [0.2, 0.25) is 0 Å². The number of hydrogen-bond acceptors (Lipinski definition) is 9. The smallest absolute Gasteiger partial charge is 0.309 e. The molecule has 9 nitrogen and oxygen atoms in total. The third-order valence-electron chi connectivity index (χ3n) is 5.47. The lowest BCUT2D eigenvalue weighted by Crippen LogP contribution is -2.29. The predicted molar refractivity (Wildman–Crippen MR) is 112 cm³/mol. The molecule has 0 aliphatic carbocycles. The molecule has 0 amide bonds. The minimum atomic E-state index is -0.562. The summed E-state index contributed by atoms with van der Waals surface area (Å²) < 4.78 is 24.6. The van der Waals surface area contributed by atoms with Crippen molar-refractivity contribution in [2.75, 3.05) is 41.7 Å². The van der Waals surface area contributed by atoms with Crippen molar-refractivity contribution in [1.82, 2.24) is 0 Å². The average Bonchev–Trinajstić information content (AvgIpc) is 2.79. The van der Waals surface area contributed by atoms with Crippen LogP contribution in [-0.4, -0.2) is 65.5 Å². The molecule has 0 rings (SSSR count). The first-order valence-corrected chi connectivity index (χ1v) is 10.6. The van der Waals surface area contributed by atoms with Crippen LogP contribution in [0.3, 0.4) is 0 Å². The van der Waals surface area contributed by atoms with E-state index in [9.17, 15) is 19.2 Å². The van der Waals surface area contributed by atoms with Crippen LogP contribution in [0.2, 0.25) is 0 Å². The Labute approximate surface area is 185 Å². The molecular formula is C22H38O9. The first-order chi connectivity index (χ1) is 14.7. The number of carbonyl (C=O) groups is 4. The Bertz CT molecular complexity index is 513. The molecule has 0 bridgehead atoms. The minimum Gasteiger partial charge on any atom is -0.469 e. The van der Waals surface area contributed by atoms with E-state index in [1.54, 1.807) is 13.8 Å². The topological polar surface area (TPSA) is 114 Å². The van der Waals surface area contributed by atoms with Crippen molar-refractivity contribution in [2.45, 2.75) is 52.4 Å². The van der Waals surface area contributed by atoms with Gasteiger partial charge in [-0.05, 0) is 25.7 Å². The summed E-state index contributed by atoms with van der Waals surface area (Å²) in [5.41, 5.74) is 0. The Kier molecular flexibility index (Phi) is 15.4. The summed E-state index contributed by atoms with van der Waals surface area (Å²) in [5, 5.41) is 0. The average molecular weight is 447 g/mol. The third-order valence-corrected chi connectivity index (χ3v) is 5.47. The zero-order valence-corrected chi connectivity index (χ0v) is 19.6. The lowest BCUT2D eigenvalue weighted by molar-refractivity contribution is -0.157. The molecule has 0 saturated carbocycles. The lowest BCUT2D eigenvalue weighted by Gasteiger charge is -2.20. The van der Waals surface area contributed by atoms with Crippen LogP contribution in [-0.2, 0) is 42.9 Å². The van der Waals surface area contributed by atoms with E-state index in [4.69, 9.17) is 23.7 Å². The van der Waals surface area contributed by atoms with Crippen LogP contribution < -0.4 is 0 Å². The molecule has 0 aliphatic rings. The van der Waals surface area contributed by atoms with E-state index in [0.717, 1.165) is 12.8 Å². The SMILES string of the molecule is COC(=O)C(C)C(CCCCOCCCCC(C(=O)OC)C(C)C(=O)OC)C(=O)OC. The lowest BCUT2D eigenvalue weighted by atomic mass is 9.89. The molecule has 4 unspecified atom stereocenters. The fourth-order valence-corrected chi connectivity index (χ4v) is 3.39. The Morgan fingerprint density at radius 3 is 1.16 bits per heavy atom. The molecule has 180 valence electrons. The third kappa shape index (κ3) is 10.6. The second-order valence-corrected chi connectivity index (χ2v) is 7.49. The summed E-state index contributed by atoms with van der Waals surface area (Å²) in [6.07, 6.45) is 3.93. The van der Waals surface area contributed by atoms with Crippen molar-refractivity contribution in [2.24, 2.45) is 23.7 Å². The summed E-state index contributed by atoms with van der Waals surface area (Å²) in [5.74, 6) is -3.90. The van der Waals surface area contributed by atoms with Gasteiger partial charge in [-0.3, -0.25) is 19.2 Å². The van der Waals surface area contributed by atoms with Gasteiger partial charge in [0.15, 0.2) is 0 Å². The van der Waals surface area contributed by atoms with Gasteiger partial charge in [-0.1, -0.05) is 26.7 Å². The molecule has 0 aromatic rings. The second-order valence-electron chi connectivity index (χ2n) is 7.49. The monoisotopic (exact) mass is 446 g/mol. The highest BCUT2D eigenvalue weighted by Crippen LogP contribution is 2.23. The van der Waals surface area contributed by atoms with Crippen molar-refractivity contribution in [3.63, 3.8) is 0 Å². The Morgan fingerprint density at radius 1 is 0.548 bits per heavy atom. The van der Waals surface area contributed by atoms with Gasteiger partial charge in [0.25, 0.3) is 0 Å². The quantitative estimate of drug-likeness (QED) is 0.200. The summed E-state index contributed by atoms with van der Waals surface area (Å²) >= 11 is 0.